The fourth-order valence-corrected chi connectivity index (χ4v) is 0.581. The first kappa shape index (κ1) is 4.03. The summed E-state index contributed by atoms with van der Waals surface area (Å²) in [6.07, 6.45) is 0. The molecule has 6 heavy (non-hydrogen) atoms. The van der Waals surface area contributed by atoms with Gasteiger partial charge in [-0.25, -0.2) is 4.79 Å². The molecule has 0 spiro atoms. The maximum absolute atomic E-state index is 9.90. The molecule has 0 aromatic rings. The standard InChI is InChI=1S/C2H3O3P/c3-2-1-4-6-5-2/h6H,1H2. The Balaban J connectivity index is 2.37. The molecule has 0 aromatic carbocycles. The van der Waals surface area contributed by atoms with Gasteiger partial charge in [-0.3, -0.25) is 0 Å². The number of hydrogen-bond donors (Lipinski definition) is 0. The molecule has 4 heteroatoms. The van der Waals surface area contributed by atoms with Gasteiger partial charge in [-0.15, -0.1) is 0 Å². The molecule has 3 nitrogen and oxygen atoms in total. The summed E-state index contributed by atoms with van der Waals surface area (Å²) in [5.41, 5.74) is 0. The first-order chi connectivity index (χ1) is 2.89. The summed E-state index contributed by atoms with van der Waals surface area (Å²) in [6, 6.07) is 0. The van der Waals surface area contributed by atoms with Crippen LogP contribution in [0, 0.1) is 0 Å². The van der Waals surface area contributed by atoms with E-state index in [1.54, 1.807) is 0 Å². The van der Waals surface area contributed by atoms with Crippen LogP contribution in [0.2, 0.25) is 0 Å². The van der Waals surface area contributed by atoms with Gasteiger partial charge in [0.25, 0.3) is 0 Å². The van der Waals surface area contributed by atoms with Crippen molar-refractivity contribution in [2.24, 2.45) is 0 Å². The molecule has 0 bridgehead atoms. The zero-order chi connectivity index (χ0) is 4.41. The molecule has 1 aliphatic rings. The van der Waals surface area contributed by atoms with Crippen molar-refractivity contribution in [1.29, 1.82) is 0 Å². The van der Waals surface area contributed by atoms with Crippen LogP contribution in [-0.2, 0) is 13.8 Å². The molecule has 0 saturated carbocycles. The second kappa shape index (κ2) is 1.54. The summed E-state index contributed by atoms with van der Waals surface area (Å²) in [5.74, 6) is -0.256. The van der Waals surface area contributed by atoms with Crippen LogP contribution in [0.4, 0.5) is 0 Å². The average molecular weight is 106 g/mol. The molecule has 34 valence electrons. The van der Waals surface area contributed by atoms with Gasteiger partial charge in [0.15, 0.2) is 6.61 Å². The highest BCUT2D eigenvalue weighted by Crippen LogP contribution is 2.19. The summed E-state index contributed by atoms with van der Waals surface area (Å²) < 4.78 is 8.83. The first-order valence-corrected chi connectivity index (χ1v) is 2.28. The van der Waals surface area contributed by atoms with E-state index in [0.717, 1.165) is 0 Å². The van der Waals surface area contributed by atoms with Crippen molar-refractivity contribution in [2.75, 3.05) is 6.61 Å². The third kappa shape index (κ3) is 0.671. The second-order valence-electron chi connectivity index (χ2n) is 0.846. The number of hydrogen-bond acceptors (Lipinski definition) is 3. The van der Waals surface area contributed by atoms with Crippen molar-refractivity contribution in [3.63, 3.8) is 0 Å². The minimum absolute atomic E-state index is 0.0606. The maximum Gasteiger partial charge on any atom is 0.337 e. The van der Waals surface area contributed by atoms with Gasteiger partial charge in [-0.05, 0) is 0 Å². The normalized spacial score (nSPS) is 25.0. The highest BCUT2D eigenvalue weighted by atomic mass is 31.1. The van der Waals surface area contributed by atoms with Crippen LogP contribution >= 0.6 is 9.03 Å². The number of carbonyl (C=O) groups is 1. The van der Waals surface area contributed by atoms with Crippen LogP contribution < -0.4 is 0 Å². The molecule has 0 amide bonds. The minimum atomic E-state index is -0.256. The second-order valence-corrected chi connectivity index (χ2v) is 1.51. The number of rotatable bonds is 0. The molecule has 0 aromatic heterocycles. The Hall–Kier alpha value is -0.140. The third-order valence-electron chi connectivity index (χ3n) is 0.404. The van der Waals surface area contributed by atoms with E-state index >= 15 is 0 Å². The smallest absolute Gasteiger partial charge is 0.337 e. The van der Waals surface area contributed by atoms with E-state index in [9.17, 15) is 4.79 Å². The average Bonchev–Trinajstić information content (AvgIpc) is 1.86. The van der Waals surface area contributed by atoms with Gasteiger partial charge in [-0.1, -0.05) is 0 Å². The van der Waals surface area contributed by atoms with Gasteiger partial charge in [0, 0.05) is 0 Å². The maximum atomic E-state index is 9.90. The summed E-state index contributed by atoms with van der Waals surface area (Å²) in [7, 11) is -0.0606. The van der Waals surface area contributed by atoms with Crippen molar-refractivity contribution >= 4 is 15.0 Å². The van der Waals surface area contributed by atoms with Gasteiger partial charge in [0.2, 0.25) is 9.03 Å². The fraction of sp³-hybridized carbons (Fsp3) is 0.500. The molecule has 1 fully saturated rings. The molecule has 0 aliphatic carbocycles. The lowest BCUT2D eigenvalue weighted by Gasteiger charge is -1.76. The molecule has 1 unspecified atom stereocenters. The first-order valence-electron chi connectivity index (χ1n) is 1.46. The molecular formula is C2H3O3P. The zero-order valence-electron chi connectivity index (χ0n) is 2.93. The van der Waals surface area contributed by atoms with Gasteiger partial charge in [-0.2, -0.15) is 0 Å². The van der Waals surface area contributed by atoms with E-state index in [2.05, 4.69) is 9.05 Å². The lowest BCUT2D eigenvalue weighted by molar-refractivity contribution is -0.131. The topological polar surface area (TPSA) is 35.5 Å². The fourth-order valence-electron chi connectivity index (χ4n) is 0.194. The van der Waals surface area contributed by atoms with Gasteiger partial charge in [0.05, 0.1) is 0 Å². The van der Waals surface area contributed by atoms with Crippen molar-refractivity contribution in [1.82, 2.24) is 0 Å². The molecule has 1 aliphatic heterocycles. The third-order valence-corrected chi connectivity index (χ3v) is 0.978. The van der Waals surface area contributed by atoms with E-state index < -0.39 is 0 Å². The van der Waals surface area contributed by atoms with Crippen molar-refractivity contribution < 1.29 is 13.8 Å². The molecule has 0 radical (unpaired) electrons. The van der Waals surface area contributed by atoms with Gasteiger partial charge in [0.1, 0.15) is 0 Å². The summed E-state index contributed by atoms with van der Waals surface area (Å²) in [6.45, 7) is 0.137. The van der Waals surface area contributed by atoms with Crippen LogP contribution in [0.3, 0.4) is 0 Å². The van der Waals surface area contributed by atoms with E-state index in [1.165, 1.54) is 0 Å². The lowest BCUT2D eigenvalue weighted by Crippen LogP contribution is -1.93. The highest BCUT2D eigenvalue weighted by Gasteiger charge is 2.09. The van der Waals surface area contributed by atoms with Crippen molar-refractivity contribution in [2.45, 2.75) is 0 Å². The molecule has 1 saturated heterocycles. The predicted octanol–water partition coefficient (Wildman–Crippen LogP) is 0.0683. The van der Waals surface area contributed by atoms with Crippen LogP contribution in [0.25, 0.3) is 0 Å². The zero-order valence-corrected chi connectivity index (χ0v) is 3.93. The Labute approximate surface area is 36.6 Å². The van der Waals surface area contributed by atoms with E-state index in [-0.39, 0.29) is 21.6 Å². The minimum Gasteiger partial charge on any atom is -0.418 e. The molecule has 1 atom stereocenters. The Kier molecular flexibility index (Phi) is 1.03. The molecule has 1 heterocycles. The Bertz CT molecular complexity index is 63.2. The van der Waals surface area contributed by atoms with Crippen LogP contribution in [0.5, 0.6) is 0 Å². The van der Waals surface area contributed by atoms with Gasteiger partial charge >= 0.3 is 5.97 Å². The largest absolute Gasteiger partial charge is 0.418 e. The molecular weight excluding hydrogens is 103 g/mol. The van der Waals surface area contributed by atoms with Crippen molar-refractivity contribution in [3.05, 3.63) is 0 Å². The van der Waals surface area contributed by atoms with Gasteiger partial charge < -0.3 is 9.05 Å². The van der Waals surface area contributed by atoms with Crippen molar-refractivity contribution in [3.8, 4) is 0 Å². The quantitative estimate of drug-likeness (QED) is 0.410. The van der Waals surface area contributed by atoms with Crippen LogP contribution in [0.15, 0.2) is 0 Å². The Morgan fingerprint density at radius 1 is 1.83 bits per heavy atom. The Morgan fingerprint density at radius 3 is 2.83 bits per heavy atom. The summed E-state index contributed by atoms with van der Waals surface area (Å²) in [4.78, 5) is 9.90. The van der Waals surface area contributed by atoms with Crippen LogP contribution in [0.1, 0.15) is 0 Å². The van der Waals surface area contributed by atoms with E-state index in [1.807, 2.05) is 0 Å². The van der Waals surface area contributed by atoms with E-state index in [4.69, 9.17) is 0 Å². The summed E-state index contributed by atoms with van der Waals surface area (Å²) in [5, 5.41) is 0. The predicted molar refractivity (Wildman–Crippen MR) is 20.4 cm³/mol. The lowest BCUT2D eigenvalue weighted by atomic mass is 10.8. The van der Waals surface area contributed by atoms with E-state index in [0.29, 0.717) is 0 Å². The summed E-state index contributed by atoms with van der Waals surface area (Å²) >= 11 is 0. The molecule has 0 N–H and O–H groups in total. The SMILES string of the molecule is O=C1COPO1. The number of carbonyl (C=O) groups excluding carboxylic acids is 1. The Morgan fingerprint density at radius 2 is 2.67 bits per heavy atom. The highest BCUT2D eigenvalue weighted by molar-refractivity contribution is 7.27. The molecule has 1 rings (SSSR count). The monoisotopic (exact) mass is 106 g/mol. The van der Waals surface area contributed by atoms with Crippen LogP contribution in [-0.4, -0.2) is 12.6 Å².